The highest BCUT2D eigenvalue weighted by molar-refractivity contribution is 7.88. The van der Waals surface area contributed by atoms with E-state index in [1.165, 1.54) is 12.1 Å². The first kappa shape index (κ1) is 18.7. The zero-order valence-corrected chi connectivity index (χ0v) is 15.1. The molecule has 3 rings (SSSR count). The Hall–Kier alpha value is -2.07. The maximum atomic E-state index is 12.8. The molecule has 1 aliphatic heterocycles. The number of anilines is 2. The van der Waals surface area contributed by atoms with E-state index in [2.05, 4.69) is 9.82 Å². The fourth-order valence-corrected chi connectivity index (χ4v) is 3.61. The van der Waals surface area contributed by atoms with Crippen molar-refractivity contribution in [1.82, 2.24) is 14.5 Å². The molecule has 26 heavy (non-hydrogen) atoms. The molecule has 10 heteroatoms. The summed E-state index contributed by atoms with van der Waals surface area (Å²) < 4.78 is 65.2. The summed E-state index contributed by atoms with van der Waals surface area (Å²) in [6.07, 6.45) is -0.888. The van der Waals surface area contributed by atoms with Crippen molar-refractivity contribution in [3.8, 4) is 0 Å². The fraction of sp³-hybridized carbons (Fsp3) is 0.438. The normalized spacial score (nSPS) is 18.0. The van der Waals surface area contributed by atoms with E-state index in [9.17, 15) is 21.6 Å². The first-order valence-corrected chi connectivity index (χ1v) is 9.84. The minimum Gasteiger partial charge on any atom is -0.338 e. The van der Waals surface area contributed by atoms with Crippen LogP contribution in [0.1, 0.15) is 11.3 Å². The number of nitrogens with one attached hydrogen (secondary N) is 1. The van der Waals surface area contributed by atoms with Crippen LogP contribution in [0, 0.1) is 5.92 Å². The van der Waals surface area contributed by atoms with Crippen molar-refractivity contribution in [1.29, 1.82) is 0 Å². The Balaban J connectivity index is 1.89. The molecule has 1 aromatic carbocycles. The van der Waals surface area contributed by atoms with Gasteiger partial charge in [-0.2, -0.15) is 18.3 Å². The molecule has 2 heterocycles. The molecule has 0 aliphatic carbocycles. The molecule has 1 atom stereocenters. The van der Waals surface area contributed by atoms with E-state index in [4.69, 9.17) is 0 Å². The van der Waals surface area contributed by atoms with E-state index in [1.807, 2.05) is 11.1 Å². The van der Waals surface area contributed by atoms with Gasteiger partial charge >= 0.3 is 6.18 Å². The standard InChI is InChI=1S/C16H19F3N4O2S/c1-22-10-15-14(21-22)7-11(8-20-26(2,24)25)9-23(15)13-5-3-12(4-6-13)16(17,18)19/h3-6,10-11,20H,7-9H2,1-2H3. The zero-order valence-electron chi connectivity index (χ0n) is 14.3. The molecule has 1 unspecified atom stereocenters. The van der Waals surface area contributed by atoms with Gasteiger partial charge in [-0.1, -0.05) is 0 Å². The number of nitrogens with zero attached hydrogens (tertiary/aromatic N) is 3. The third-order valence-corrected chi connectivity index (χ3v) is 4.93. The van der Waals surface area contributed by atoms with Gasteiger partial charge in [-0.3, -0.25) is 4.68 Å². The first-order chi connectivity index (χ1) is 12.0. The third-order valence-electron chi connectivity index (χ3n) is 4.24. The van der Waals surface area contributed by atoms with E-state index in [0.717, 1.165) is 29.8 Å². The summed E-state index contributed by atoms with van der Waals surface area (Å²) in [6.45, 7) is 0.721. The van der Waals surface area contributed by atoms with E-state index >= 15 is 0 Å². The predicted molar refractivity (Wildman–Crippen MR) is 91.7 cm³/mol. The number of alkyl halides is 3. The van der Waals surface area contributed by atoms with Crippen LogP contribution in [-0.2, 0) is 29.7 Å². The van der Waals surface area contributed by atoms with Crippen LogP contribution in [0.4, 0.5) is 24.5 Å². The molecular weight excluding hydrogens is 369 g/mol. The van der Waals surface area contributed by atoms with Crippen LogP contribution in [-0.4, -0.2) is 37.5 Å². The first-order valence-electron chi connectivity index (χ1n) is 7.95. The summed E-state index contributed by atoms with van der Waals surface area (Å²) in [7, 11) is -1.55. The van der Waals surface area contributed by atoms with E-state index in [0.29, 0.717) is 18.7 Å². The Morgan fingerprint density at radius 3 is 2.50 bits per heavy atom. The molecule has 0 spiro atoms. The van der Waals surface area contributed by atoms with Crippen molar-refractivity contribution in [2.24, 2.45) is 13.0 Å². The van der Waals surface area contributed by atoms with Gasteiger partial charge in [-0.25, -0.2) is 13.1 Å². The van der Waals surface area contributed by atoms with Gasteiger partial charge in [0.25, 0.3) is 0 Å². The van der Waals surface area contributed by atoms with Gasteiger partial charge in [0, 0.05) is 32.0 Å². The van der Waals surface area contributed by atoms with Crippen LogP contribution < -0.4 is 9.62 Å². The highest BCUT2D eigenvalue weighted by atomic mass is 32.2. The van der Waals surface area contributed by atoms with Gasteiger partial charge in [0.15, 0.2) is 0 Å². The third kappa shape index (κ3) is 4.18. The van der Waals surface area contributed by atoms with E-state index < -0.39 is 21.8 Å². The van der Waals surface area contributed by atoms with Gasteiger partial charge in [0.1, 0.15) is 0 Å². The van der Waals surface area contributed by atoms with Crippen LogP contribution in [0.2, 0.25) is 0 Å². The number of rotatable bonds is 4. The topological polar surface area (TPSA) is 67.2 Å². The molecule has 0 saturated heterocycles. The number of aromatic nitrogens is 2. The Labute approximate surface area is 149 Å². The molecule has 2 aromatic rings. The Morgan fingerprint density at radius 1 is 1.27 bits per heavy atom. The average Bonchev–Trinajstić information content (AvgIpc) is 2.91. The highest BCUT2D eigenvalue weighted by Gasteiger charge is 2.32. The summed E-state index contributed by atoms with van der Waals surface area (Å²) in [6, 6.07) is 4.94. The fourth-order valence-electron chi connectivity index (χ4n) is 3.07. The van der Waals surface area contributed by atoms with E-state index in [1.54, 1.807) is 11.7 Å². The summed E-state index contributed by atoms with van der Waals surface area (Å²) >= 11 is 0. The molecule has 6 nitrogen and oxygen atoms in total. The number of hydrogen-bond donors (Lipinski definition) is 1. The van der Waals surface area contributed by atoms with Crippen molar-refractivity contribution in [2.45, 2.75) is 12.6 Å². The lowest BCUT2D eigenvalue weighted by Crippen LogP contribution is -2.38. The second-order valence-electron chi connectivity index (χ2n) is 6.48. The quantitative estimate of drug-likeness (QED) is 0.873. The molecule has 1 aliphatic rings. The molecule has 1 N–H and O–H groups in total. The Kier molecular flexibility index (Phi) is 4.74. The lowest BCUT2D eigenvalue weighted by molar-refractivity contribution is -0.137. The summed E-state index contributed by atoms with van der Waals surface area (Å²) in [5.74, 6) is -0.0468. The van der Waals surface area contributed by atoms with Crippen molar-refractivity contribution in [3.05, 3.63) is 41.7 Å². The second kappa shape index (κ2) is 6.58. The SMILES string of the molecule is Cn1cc2c(n1)CC(CNS(C)(=O)=O)CN2c1ccc(C(F)(F)F)cc1. The molecule has 1 aromatic heterocycles. The number of fused-ring (bicyclic) bond motifs is 1. The summed E-state index contributed by atoms with van der Waals surface area (Å²) in [5, 5.41) is 4.40. The van der Waals surface area contributed by atoms with Crippen LogP contribution >= 0.6 is 0 Å². The molecule has 0 bridgehead atoms. The van der Waals surface area contributed by atoms with Gasteiger partial charge in [0.05, 0.1) is 23.2 Å². The average molecular weight is 388 g/mol. The molecular formula is C16H19F3N4O2S. The maximum Gasteiger partial charge on any atom is 0.416 e. The monoisotopic (exact) mass is 388 g/mol. The van der Waals surface area contributed by atoms with Crippen LogP contribution in [0.3, 0.4) is 0 Å². The molecule has 142 valence electrons. The number of aryl methyl sites for hydroxylation is 1. The minimum absolute atomic E-state index is 0.0468. The predicted octanol–water partition coefficient (Wildman–Crippen LogP) is 2.30. The second-order valence-corrected chi connectivity index (χ2v) is 8.31. The van der Waals surface area contributed by atoms with Crippen LogP contribution in [0.15, 0.2) is 30.5 Å². The van der Waals surface area contributed by atoms with Crippen molar-refractivity contribution < 1.29 is 21.6 Å². The van der Waals surface area contributed by atoms with Gasteiger partial charge < -0.3 is 4.90 Å². The Morgan fingerprint density at radius 2 is 1.92 bits per heavy atom. The largest absolute Gasteiger partial charge is 0.416 e. The lowest BCUT2D eigenvalue weighted by atomic mass is 9.96. The zero-order chi connectivity index (χ0) is 19.1. The van der Waals surface area contributed by atoms with Crippen LogP contribution in [0.5, 0.6) is 0 Å². The van der Waals surface area contributed by atoms with Gasteiger partial charge in [0.2, 0.25) is 10.0 Å². The van der Waals surface area contributed by atoms with Crippen LogP contribution in [0.25, 0.3) is 0 Å². The van der Waals surface area contributed by atoms with Crippen molar-refractivity contribution in [2.75, 3.05) is 24.2 Å². The Bertz CT molecular complexity index is 891. The molecule has 0 amide bonds. The van der Waals surface area contributed by atoms with E-state index in [-0.39, 0.29) is 12.5 Å². The molecule has 0 radical (unpaired) electrons. The van der Waals surface area contributed by atoms with Crippen molar-refractivity contribution >= 4 is 21.4 Å². The number of benzene rings is 1. The van der Waals surface area contributed by atoms with Gasteiger partial charge in [-0.15, -0.1) is 0 Å². The minimum atomic E-state index is -4.39. The summed E-state index contributed by atoms with van der Waals surface area (Å²) in [4.78, 5) is 1.88. The van der Waals surface area contributed by atoms with Gasteiger partial charge in [-0.05, 0) is 36.6 Å². The molecule has 0 fully saturated rings. The number of halogens is 3. The highest BCUT2D eigenvalue weighted by Crippen LogP contribution is 2.36. The van der Waals surface area contributed by atoms with Crippen molar-refractivity contribution in [3.63, 3.8) is 0 Å². The smallest absolute Gasteiger partial charge is 0.338 e. The number of hydrogen-bond acceptors (Lipinski definition) is 4. The number of sulfonamides is 1. The molecule has 0 saturated carbocycles. The maximum absolute atomic E-state index is 12.8. The lowest BCUT2D eigenvalue weighted by Gasteiger charge is -2.33. The summed E-state index contributed by atoms with van der Waals surface area (Å²) in [5.41, 5.74) is 1.51.